The van der Waals surface area contributed by atoms with E-state index in [1.165, 1.54) is 5.57 Å². The Labute approximate surface area is 130 Å². The Hall–Kier alpha value is -1.88. The van der Waals surface area contributed by atoms with Crippen molar-refractivity contribution in [3.05, 3.63) is 30.2 Å². The maximum Gasteiger partial charge on any atom is 0.145 e. The van der Waals surface area contributed by atoms with Gasteiger partial charge in [-0.2, -0.15) is 0 Å². The third-order valence-corrected chi connectivity index (χ3v) is 4.95. The average Bonchev–Trinajstić information content (AvgIpc) is 2.90. The fraction of sp³-hybridized carbons (Fsp3) is 0.529. The summed E-state index contributed by atoms with van der Waals surface area (Å²) in [5.74, 6) is 1.05. The second-order valence-electron chi connectivity index (χ2n) is 6.50. The van der Waals surface area contributed by atoms with E-state index in [0.717, 1.165) is 55.8 Å². The average molecular weight is 298 g/mol. The molecule has 2 aliphatic rings. The van der Waals surface area contributed by atoms with E-state index in [4.69, 9.17) is 4.74 Å². The van der Waals surface area contributed by atoms with Crippen LogP contribution in [0, 0.1) is 0 Å². The van der Waals surface area contributed by atoms with Crippen molar-refractivity contribution in [2.24, 2.45) is 7.05 Å². The first-order chi connectivity index (χ1) is 10.7. The molecule has 0 bridgehead atoms. The standard InChI is InChI=1S/C17H22N4O/c1-13-4-10-22-17(11-13)5-8-21(9-6-17)16-14-3-7-20(2)15(14)18-12-19-16/h3,7,11-12H,4-6,8-10H2,1-2H3. The molecule has 2 aromatic rings. The van der Waals surface area contributed by atoms with E-state index in [-0.39, 0.29) is 5.60 Å². The van der Waals surface area contributed by atoms with Gasteiger partial charge in [0.15, 0.2) is 0 Å². The van der Waals surface area contributed by atoms with Crippen LogP contribution in [-0.4, -0.2) is 39.8 Å². The minimum Gasteiger partial charge on any atom is -0.370 e. The Bertz CT molecular complexity index is 725. The highest BCUT2D eigenvalue weighted by molar-refractivity contribution is 5.87. The fourth-order valence-corrected chi connectivity index (χ4v) is 3.68. The maximum atomic E-state index is 6.11. The quantitative estimate of drug-likeness (QED) is 0.759. The summed E-state index contributed by atoms with van der Waals surface area (Å²) in [5.41, 5.74) is 2.42. The van der Waals surface area contributed by atoms with Gasteiger partial charge in [-0.05, 0) is 32.3 Å². The molecule has 1 saturated heterocycles. The van der Waals surface area contributed by atoms with Gasteiger partial charge in [0.2, 0.25) is 0 Å². The molecular formula is C17H22N4O. The molecule has 2 aromatic heterocycles. The SMILES string of the molecule is CC1=CC2(CCN(c3ncnc4c3ccn4C)CC2)OCC1. The molecule has 116 valence electrons. The summed E-state index contributed by atoms with van der Waals surface area (Å²) < 4.78 is 8.16. The molecule has 1 fully saturated rings. The lowest BCUT2D eigenvalue weighted by Crippen LogP contribution is -2.46. The van der Waals surface area contributed by atoms with Gasteiger partial charge in [0.05, 0.1) is 17.6 Å². The molecule has 0 radical (unpaired) electrons. The molecule has 4 rings (SSSR count). The monoisotopic (exact) mass is 298 g/mol. The second-order valence-corrected chi connectivity index (χ2v) is 6.50. The molecule has 1 spiro atoms. The van der Waals surface area contributed by atoms with Gasteiger partial charge in [-0.15, -0.1) is 0 Å². The van der Waals surface area contributed by atoms with Gasteiger partial charge in [-0.25, -0.2) is 9.97 Å². The van der Waals surface area contributed by atoms with Gasteiger partial charge in [-0.3, -0.25) is 0 Å². The Balaban J connectivity index is 1.59. The van der Waals surface area contributed by atoms with E-state index in [0.29, 0.717) is 0 Å². The molecule has 2 aliphatic heterocycles. The normalized spacial score (nSPS) is 21.4. The Morgan fingerprint density at radius 3 is 2.82 bits per heavy atom. The lowest BCUT2D eigenvalue weighted by atomic mass is 9.87. The summed E-state index contributed by atoms with van der Waals surface area (Å²) >= 11 is 0. The van der Waals surface area contributed by atoms with E-state index in [1.54, 1.807) is 6.33 Å². The van der Waals surface area contributed by atoms with Crippen LogP contribution in [-0.2, 0) is 11.8 Å². The molecule has 5 nitrogen and oxygen atoms in total. The lowest BCUT2D eigenvalue weighted by Gasteiger charge is -2.42. The van der Waals surface area contributed by atoms with Crippen molar-refractivity contribution in [2.45, 2.75) is 31.8 Å². The minimum atomic E-state index is -0.0400. The summed E-state index contributed by atoms with van der Waals surface area (Å²) in [5, 5.41) is 1.14. The number of nitrogens with zero attached hydrogens (tertiary/aromatic N) is 4. The highest BCUT2D eigenvalue weighted by Gasteiger charge is 2.36. The third kappa shape index (κ3) is 2.20. The van der Waals surface area contributed by atoms with Crippen LogP contribution < -0.4 is 4.90 Å². The minimum absolute atomic E-state index is 0.0400. The van der Waals surface area contributed by atoms with E-state index in [9.17, 15) is 0 Å². The number of aryl methyl sites for hydroxylation is 1. The van der Waals surface area contributed by atoms with Gasteiger partial charge >= 0.3 is 0 Å². The summed E-state index contributed by atoms with van der Waals surface area (Å²) in [6.45, 7) is 5.03. The lowest BCUT2D eigenvalue weighted by molar-refractivity contribution is -0.0326. The van der Waals surface area contributed by atoms with Crippen LogP contribution in [0.25, 0.3) is 11.0 Å². The van der Waals surface area contributed by atoms with Crippen molar-refractivity contribution in [1.29, 1.82) is 0 Å². The zero-order valence-electron chi connectivity index (χ0n) is 13.2. The van der Waals surface area contributed by atoms with E-state index in [2.05, 4.69) is 33.9 Å². The number of aromatic nitrogens is 3. The topological polar surface area (TPSA) is 43.2 Å². The Morgan fingerprint density at radius 1 is 1.23 bits per heavy atom. The van der Waals surface area contributed by atoms with Crippen LogP contribution in [0.4, 0.5) is 5.82 Å². The maximum absolute atomic E-state index is 6.11. The predicted octanol–water partition coefficient (Wildman–Crippen LogP) is 2.67. The first-order valence-electron chi connectivity index (χ1n) is 8.00. The summed E-state index contributed by atoms with van der Waals surface area (Å²) in [4.78, 5) is 11.3. The smallest absolute Gasteiger partial charge is 0.145 e. The van der Waals surface area contributed by atoms with Crippen molar-refractivity contribution in [2.75, 3.05) is 24.6 Å². The molecular weight excluding hydrogens is 276 g/mol. The molecule has 22 heavy (non-hydrogen) atoms. The van der Waals surface area contributed by atoms with Crippen molar-refractivity contribution >= 4 is 16.9 Å². The molecule has 0 amide bonds. The number of fused-ring (bicyclic) bond motifs is 1. The molecule has 0 atom stereocenters. The number of rotatable bonds is 1. The number of anilines is 1. The van der Waals surface area contributed by atoms with E-state index >= 15 is 0 Å². The van der Waals surface area contributed by atoms with Crippen LogP contribution >= 0.6 is 0 Å². The molecule has 4 heterocycles. The largest absolute Gasteiger partial charge is 0.370 e. The zero-order chi connectivity index (χ0) is 15.2. The highest BCUT2D eigenvalue weighted by Crippen LogP contribution is 2.35. The van der Waals surface area contributed by atoms with Gasteiger partial charge in [0, 0.05) is 26.3 Å². The number of hydrogen-bond donors (Lipinski definition) is 0. The van der Waals surface area contributed by atoms with Crippen LogP contribution in [0.3, 0.4) is 0 Å². The highest BCUT2D eigenvalue weighted by atomic mass is 16.5. The number of piperidine rings is 1. The summed E-state index contributed by atoms with van der Waals surface area (Å²) in [6, 6.07) is 2.11. The van der Waals surface area contributed by atoms with Crippen molar-refractivity contribution in [1.82, 2.24) is 14.5 Å². The van der Waals surface area contributed by atoms with Gasteiger partial charge in [-0.1, -0.05) is 11.6 Å². The predicted molar refractivity (Wildman–Crippen MR) is 87.0 cm³/mol. The molecule has 0 N–H and O–H groups in total. The zero-order valence-corrected chi connectivity index (χ0v) is 13.2. The molecule has 0 unspecified atom stereocenters. The molecule has 0 saturated carbocycles. The molecule has 0 aromatic carbocycles. The third-order valence-electron chi connectivity index (χ3n) is 4.95. The summed E-state index contributed by atoms with van der Waals surface area (Å²) in [6.07, 6.45) is 9.20. The second kappa shape index (κ2) is 5.09. The Kier molecular flexibility index (Phi) is 3.18. The first kappa shape index (κ1) is 13.8. The molecule has 5 heteroatoms. The van der Waals surface area contributed by atoms with Crippen molar-refractivity contribution < 1.29 is 4.74 Å². The van der Waals surface area contributed by atoms with Gasteiger partial charge in [0.1, 0.15) is 17.8 Å². The van der Waals surface area contributed by atoms with Gasteiger partial charge in [0.25, 0.3) is 0 Å². The van der Waals surface area contributed by atoms with E-state index < -0.39 is 0 Å². The van der Waals surface area contributed by atoms with Crippen LogP contribution in [0.2, 0.25) is 0 Å². The number of hydrogen-bond acceptors (Lipinski definition) is 4. The van der Waals surface area contributed by atoms with Crippen LogP contribution in [0.5, 0.6) is 0 Å². The summed E-state index contributed by atoms with van der Waals surface area (Å²) in [7, 11) is 2.02. The first-order valence-corrected chi connectivity index (χ1v) is 8.00. The fourth-order valence-electron chi connectivity index (χ4n) is 3.68. The van der Waals surface area contributed by atoms with Crippen molar-refractivity contribution in [3.63, 3.8) is 0 Å². The van der Waals surface area contributed by atoms with Crippen LogP contribution in [0.1, 0.15) is 26.2 Å². The Morgan fingerprint density at radius 2 is 2.05 bits per heavy atom. The van der Waals surface area contributed by atoms with E-state index in [1.807, 2.05) is 17.8 Å². The number of ether oxygens (including phenoxy) is 1. The van der Waals surface area contributed by atoms with Crippen molar-refractivity contribution in [3.8, 4) is 0 Å². The van der Waals surface area contributed by atoms with Gasteiger partial charge < -0.3 is 14.2 Å². The van der Waals surface area contributed by atoms with Crippen LogP contribution in [0.15, 0.2) is 30.2 Å². The molecule has 0 aliphatic carbocycles.